The van der Waals surface area contributed by atoms with Crippen LogP contribution in [0.5, 0.6) is 0 Å². The first kappa shape index (κ1) is 24.0. The number of esters is 1. The highest BCUT2D eigenvalue weighted by Crippen LogP contribution is 2.26. The average molecular weight is 448 g/mol. The van der Waals surface area contributed by atoms with Crippen molar-refractivity contribution in [3.63, 3.8) is 0 Å². The minimum absolute atomic E-state index is 0.170. The lowest BCUT2D eigenvalue weighted by molar-refractivity contribution is -0.143. The van der Waals surface area contributed by atoms with Gasteiger partial charge in [0.1, 0.15) is 5.82 Å². The number of rotatable bonds is 9. The Hall–Kier alpha value is -2.64. The highest BCUT2D eigenvalue weighted by Gasteiger charge is 2.20. The summed E-state index contributed by atoms with van der Waals surface area (Å²) < 4.78 is 22.5. The van der Waals surface area contributed by atoms with Gasteiger partial charge in [-0.1, -0.05) is 19.3 Å². The van der Waals surface area contributed by atoms with Crippen molar-refractivity contribution in [2.24, 2.45) is 0 Å². The summed E-state index contributed by atoms with van der Waals surface area (Å²) in [5.41, 5.74) is -0.132. The predicted octanol–water partition coefficient (Wildman–Crippen LogP) is 4.36. The smallest absolute Gasteiger partial charge is 0.331 e. The second-order valence-electron chi connectivity index (χ2n) is 8.79. The van der Waals surface area contributed by atoms with E-state index in [1.165, 1.54) is 12.5 Å². The fourth-order valence-electron chi connectivity index (χ4n) is 4.44. The number of anilines is 1. The summed E-state index contributed by atoms with van der Waals surface area (Å²) >= 11 is 0. The first-order valence-corrected chi connectivity index (χ1v) is 11.7. The van der Waals surface area contributed by atoms with Crippen molar-refractivity contribution in [2.45, 2.75) is 90.8 Å². The van der Waals surface area contributed by atoms with E-state index in [1.54, 1.807) is 17.6 Å². The number of nitrogens with zero attached hydrogens (tertiary/aromatic N) is 2. The third-order valence-corrected chi connectivity index (χ3v) is 6.06. The molecule has 8 heteroatoms. The summed E-state index contributed by atoms with van der Waals surface area (Å²) in [7, 11) is 0. The predicted molar refractivity (Wildman–Crippen MR) is 124 cm³/mol. The topological polar surface area (TPSA) is 82.3 Å². The van der Waals surface area contributed by atoms with Crippen molar-refractivity contribution in [1.29, 1.82) is 0 Å². The SMILES string of the molecule is CCOC(=O)CCCCn1c(=O)c2cc(F)c(NC3CCCCC3)cc2n(C(C)C)c1=O. The summed E-state index contributed by atoms with van der Waals surface area (Å²) in [5, 5.41) is 3.47. The molecule has 1 aromatic heterocycles. The molecule has 0 radical (unpaired) electrons. The van der Waals surface area contributed by atoms with Gasteiger partial charge in [-0.3, -0.25) is 18.7 Å². The first-order valence-electron chi connectivity index (χ1n) is 11.7. The standard InChI is InChI=1S/C24H34FN3O4/c1-4-32-22(29)12-8-9-13-27-23(30)18-14-19(25)20(26-17-10-6-5-7-11-17)15-21(18)28(16(2)3)24(27)31/h14-17,26H,4-13H2,1-3H3. The van der Waals surface area contributed by atoms with Crippen molar-refractivity contribution >= 4 is 22.6 Å². The summed E-state index contributed by atoms with van der Waals surface area (Å²) in [5.74, 6) is -0.777. The Morgan fingerprint density at radius 3 is 2.56 bits per heavy atom. The zero-order chi connectivity index (χ0) is 23.3. The quantitative estimate of drug-likeness (QED) is 0.456. The number of nitrogens with one attached hydrogen (secondary N) is 1. The highest BCUT2D eigenvalue weighted by atomic mass is 19.1. The molecule has 0 spiro atoms. The number of aromatic nitrogens is 2. The second-order valence-corrected chi connectivity index (χ2v) is 8.79. The van der Waals surface area contributed by atoms with Crippen LogP contribution in [0.2, 0.25) is 0 Å². The van der Waals surface area contributed by atoms with E-state index in [2.05, 4.69) is 5.32 Å². The van der Waals surface area contributed by atoms with Gasteiger partial charge in [-0.15, -0.1) is 0 Å². The zero-order valence-corrected chi connectivity index (χ0v) is 19.3. The van der Waals surface area contributed by atoms with Crippen LogP contribution in [0.1, 0.15) is 78.2 Å². The summed E-state index contributed by atoms with van der Waals surface area (Å²) in [6.07, 6.45) is 6.62. The molecule has 7 nitrogen and oxygen atoms in total. The van der Waals surface area contributed by atoms with Crippen LogP contribution in [0.25, 0.3) is 10.9 Å². The van der Waals surface area contributed by atoms with Gasteiger partial charge >= 0.3 is 11.7 Å². The first-order chi connectivity index (χ1) is 15.3. The van der Waals surface area contributed by atoms with Gasteiger partial charge < -0.3 is 10.1 Å². The molecular formula is C24H34FN3O4. The van der Waals surface area contributed by atoms with Crippen molar-refractivity contribution in [3.05, 3.63) is 38.8 Å². The number of hydrogen-bond donors (Lipinski definition) is 1. The van der Waals surface area contributed by atoms with Crippen molar-refractivity contribution in [3.8, 4) is 0 Å². The van der Waals surface area contributed by atoms with E-state index < -0.39 is 17.1 Å². The molecule has 0 amide bonds. The number of fused-ring (bicyclic) bond motifs is 1. The number of carbonyl (C=O) groups is 1. The van der Waals surface area contributed by atoms with Crippen LogP contribution in [-0.4, -0.2) is 27.8 Å². The Balaban J connectivity index is 1.93. The minimum atomic E-state index is -0.499. The molecule has 1 aliphatic carbocycles. The molecule has 2 aromatic rings. The highest BCUT2D eigenvalue weighted by molar-refractivity contribution is 5.82. The van der Waals surface area contributed by atoms with E-state index >= 15 is 0 Å². The number of benzene rings is 1. The van der Waals surface area contributed by atoms with Crippen molar-refractivity contribution < 1.29 is 13.9 Å². The molecule has 3 rings (SSSR count). The molecular weight excluding hydrogens is 413 g/mol. The lowest BCUT2D eigenvalue weighted by atomic mass is 9.95. The molecule has 0 aliphatic heterocycles. The summed E-state index contributed by atoms with van der Waals surface area (Å²) in [6, 6.07) is 2.85. The Bertz CT molecular complexity index is 1070. The number of unbranched alkanes of at least 4 members (excludes halogenated alkanes) is 1. The Labute approximate surface area is 187 Å². The van der Waals surface area contributed by atoms with Gasteiger partial charge in [-0.25, -0.2) is 9.18 Å². The molecule has 1 aliphatic rings. The van der Waals surface area contributed by atoms with Crippen LogP contribution in [0.3, 0.4) is 0 Å². The lowest BCUT2D eigenvalue weighted by Gasteiger charge is -2.25. The van der Waals surface area contributed by atoms with Gasteiger partial charge in [0.25, 0.3) is 5.56 Å². The molecule has 176 valence electrons. The van der Waals surface area contributed by atoms with E-state index in [-0.39, 0.29) is 36.4 Å². The summed E-state index contributed by atoms with van der Waals surface area (Å²) in [6.45, 7) is 5.98. The number of ether oxygens (including phenoxy) is 1. The molecule has 1 N–H and O–H groups in total. The van der Waals surface area contributed by atoms with E-state index in [0.29, 0.717) is 30.7 Å². The number of carbonyl (C=O) groups excluding carboxylic acids is 1. The molecule has 0 atom stereocenters. The maximum atomic E-state index is 14.9. The maximum absolute atomic E-state index is 14.9. The maximum Gasteiger partial charge on any atom is 0.331 e. The molecule has 1 saturated carbocycles. The fraction of sp³-hybridized carbons (Fsp3) is 0.625. The van der Waals surface area contributed by atoms with Gasteiger partial charge in [0.2, 0.25) is 0 Å². The van der Waals surface area contributed by atoms with Gasteiger partial charge in [-0.05, 0) is 58.6 Å². The lowest BCUT2D eigenvalue weighted by Crippen LogP contribution is -2.41. The van der Waals surface area contributed by atoms with Crippen LogP contribution in [-0.2, 0) is 16.1 Å². The molecule has 1 aromatic carbocycles. The van der Waals surface area contributed by atoms with Crippen molar-refractivity contribution in [1.82, 2.24) is 9.13 Å². The van der Waals surface area contributed by atoms with E-state index in [9.17, 15) is 18.8 Å². The van der Waals surface area contributed by atoms with Gasteiger partial charge in [0, 0.05) is 25.0 Å². The molecule has 32 heavy (non-hydrogen) atoms. The third kappa shape index (κ3) is 5.40. The molecule has 1 heterocycles. The van der Waals surface area contributed by atoms with Gasteiger partial charge in [0.05, 0.1) is 23.2 Å². The number of hydrogen-bond acceptors (Lipinski definition) is 5. The zero-order valence-electron chi connectivity index (χ0n) is 19.3. The normalized spacial score (nSPS) is 14.8. The third-order valence-electron chi connectivity index (χ3n) is 6.06. The molecule has 0 saturated heterocycles. The van der Waals surface area contributed by atoms with Gasteiger partial charge in [-0.2, -0.15) is 0 Å². The Kier molecular flexibility index (Phi) is 8.10. The number of halogens is 1. The van der Waals surface area contributed by atoms with Crippen molar-refractivity contribution in [2.75, 3.05) is 11.9 Å². The second kappa shape index (κ2) is 10.8. The summed E-state index contributed by atoms with van der Waals surface area (Å²) in [4.78, 5) is 37.8. The minimum Gasteiger partial charge on any atom is -0.466 e. The monoisotopic (exact) mass is 447 g/mol. The molecule has 1 fully saturated rings. The van der Waals surface area contributed by atoms with E-state index in [0.717, 1.165) is 30.3 Å². The Morgan fingerprint density at radius 1 is 1.19 bits per heavy atom. The van der Waals surface area contributed by atoms with Crippen LogP contribution in [0.4, 0.5) is 10.1 Å². The van der Waals surface area contributed by atoms with Gasteiger partial charge in [0.15, 0.2) is 0 Å². The van der Waals surface area contributed by atoms with E-state index in [4.69, 9.17) is 4.74 Å². The average Bonchev–Trinajstić information content (AvgIpc) is 2.75. The van der Waals surface area contributed by atoms with Crippen LogP contribution < -0.4 is 16.6 Å². The van der Waals surface area contributed by atoms with E-state index in [1.807, 2.05) is 13.8 Å². The van der Waals surface area contributed by atoms with Crippen LogP contribution in [0.15, 0.2) is 21.7 Å². The van der Waals surface area contributed by atoms with Crippen LogP contribution >= 0.6 is 0 Å². The fourth-order valence-corrected chi connectivity index (χ4v) is 4.44. The Morgan fingerprint density at radius 2 is 1.91 bits per heavy atom. The molecule has 0 unspecified atom stereocenters. The largest absolute Gasteiger partial charge is 0.466 e. The molecule has 0 bridgehead atoms. The van der Waals surface area contributed by atoms with Crippen LogP contribution in [0, 0.1) is 5.82 Å².